The fourth-order valence-corrected chi connectivity index (χ4v) is 4.13. The molecule has 6 rings (SSSR count). The van der Waals surface area contributed by atoms with Crippen molar-refractivity contribution < 1.29 is 0 Å². The van der Waals surface area contributed by atoms with Gasteiger partial charge in [0.1, 0.15) is 0 Å². The minimum absolute atomic E-state index is 0.907. The highest BCUT2D eigenvalue weighted by Crippen LogP contribution is 2.50. The van der Waals surface area contributed by atoms with E-state index in [0.717, 1.165) is 40.0 Å². The number of para-hydroxylation sites is 5. The summed E-state index contributed by atoms with van der Waals surface area (Å²) < 4.78 is 0. The Morgan fingerprint density at radius 3 is 1.82 bits per heavy atom. The molecule has 4 aromatic rings. The van der Waals surface area contributed by atoms with E-state index in [1.807, 2.05) is 6.07 Å². The molecule has 0 spiro atoms. The molecular formula is C25H17N3. The van der Waals surface area contributed by atoms with Gasteiger partial charge in [-0.05, 0) is 36.4 Å². The van der Waals surface area contributed by atoms with E-state index in [9.17, 15) is 0 Å². The highest BCUT2D eigenvalue weighted by molar-refractivity contribution is 6.26. The first-order chi connectivity index (χ1) is 13.9. The Bertz CT molecular complexity index is 1230. The predicted molar refractivity (Wildman–Crippen MR) is 116 cm³/mol. The second kappa shape index (κ2) is 5.83. The van der Waals surface area contributed by atoms with Crippen LogP contribution in [0.5, 0.6) is 0 Å². The summed E-state index contributed by atoms with van der Waals surface area (Å²) in [6, 6.07) is 35.9. The van der Waals surface area contributed by atoms with Gasteiger partial charge in [-0.25, -0.2) is 4.99 Å². The maximum Gasteiger partial charge on any atom is 0.220 e. The second-order valence-corrected chi connectivity index (χ2v) is 6.94. The van der Waals surface area contributed by atoms with E-state index in [-0.39, 0.29) is 0 Å². The predicted octanol–water partition coefficient (Wildman–Crippen LogP) is 6.64. The Kier molecular flexibility index (Phi) is 3.17. The Hall–Kier alpha value is -3.85. The average Bonchev–Trinajstić information content (AvgIpc) is 3.00. The molecule has 0 aromatic heterocycles. The Morgan fingerprint density at radius 2 is 1.04 bits per heavy atom. The molecule has 2 aliphatic rings. The molecule has 2 heterocycles. The molecule has 0 saturated carbocycles. The van der Waals surface area contributed by atoms with E-state index in [1.54, 1.807) is 0 Å². The lowest BCUT2D eigenvalue weighted by molar-refractivity contribution is 1.32. The van der Waals surface area contributed by atoms with Crippen LogP contribution in [0.4, 0.5) is 28.4 Å². The number of nitrogens with zero attached hydrogens (tertiary/aromatic N) is 3. The van der Waals surface area contributed by atoms with Crippen LogP contribution in [0.2, 0.25) is 0 Å². The smallest absolute Gasteiger partial charge is 0.220 e. The summed E-state index contributed by atoms with van der Waals surface area (Å²) in [6.45, 7) is 0. The fourth-order valence-electron chi connectivity index (χ4n) is 4.13. The van der Waals surface area contributed by atoms with E-state index >= 15 is 0 Å². The Morgan fingerprint density at radius 1 is 0.464 bits per heavy atom. The van der Waals surface area contributed by atoms with Gasteiger partial charge in [0.25, 0.3) is 0 Å². The van der Waals surface area contributed by atoms with Crippen LogP contribution in [0.15, 0.2) is 108 Å². The fraction of sp³-hybridized carbons (Fsp3) is 0. The van der Waals surface area contributed by atoms with E-state index in [4.69, 9.17) is 4.99 Å². The van der Waals surface area contributed by atoms with Crippen molar-refractivity contribution in [1.82, 2.24) is 0 Å². The number of hydrogen-bond acceptors (Lipinski definition) is 3. The standard InChI is InChI=1S/C25H17N3/c1-2-10-18(11-3-1)27-23-16-8-9-17-24(23)28-22-15-7-5-13-20(22)19-12-4-6-14-21(19)26-25(27)28/h1-17H. The molecule has 2 aliphatic heterocycles. The third-order valence-corrected chi connectivity index (χ3v) is 5.34. The van der Waals surface area contributed by atoms with Crippen LogP contribution in [-0.4, -0.2) is 5.96 Å². The molecule has 4 aromatic carbocycles. The van der Waals surface area contributed by atoms with Crippen molar-refractivity contribution in [1.29, 1.82) is 0 Å². The largest absolute Gasteiger partial charge is 0.278 e. The normalized spacial score (nSPS) is 13.8. The Balaban J connectivity index is 1.71. The lowest BCUT2D eigenvalue weighted by atomic mass is 10.0. The first-order valence-corrected chi connectivity index (χ1v) is 9.43. The van der Waals surface area contributed by atoms with E-state index in [1.165, 1.54) is 5.56 Å². The minimum Gasteiger partial charge on any atom is -0.278 e. The third-order valence-electron chi connectivity index (χ3n) is 5.34. The number of hydrogen-bond donors (Lipinski definition) is 0. The summed E-state index contributed by atoms with van der Waals surface area (Å²) in [5.41, 5.74) is 7.88. The van der Waals surface area contributed by atoms with Crippen molar-refractivity contribution in [3.63, 3.8) is 0 Å². The van der Waals surface area contributed by atoms with Gasteiger partial charge in [-0.15, -0.1) is 0 Å². The first kappa shape index (κ1) is 15.2. The molecule has 0 N–H and O–H groups in total. The molecule has 0 radical (unpaired) electrons. The summed E-state index contributed by atoms with van der Waals surface area (Å²) in [6.07, 6.45) is 0. The van der Waals surface area contributed by atoms with Crippen molar-refractivity contribution in [3.8, 4) is 11.1 Å². The lowest BCUT2D eigenvalue weighted by Crippen LogP contribution is -2.32. The number of anilines is 4. The minimum atomic E-state index is 0.907. The van der Waals surface area contributed by atoms with Gasteiger partial charge < -0.3 is 0 Å². The highest BCUT2D eigenvalue weighted by Gasteiger charge is 2.37. The van der Waals surface area contributed by atoms with Crippen molar-refractivity contribution in [2.75, 3.05) is 9.80 Å². The SMILES string of the molecule is c1ccc(N2C3=Nc4ccccc4-c4ccccc4N3c3ccccc32)cc1. The molecular weight excluding hydrogens is 342 g/mol. The molecule has 0 unspecified atom stereocenters. The number of aliphatic imine (C=N–C) groups is 1. The zero-order valence-electron chi connectivity index (χ0n) is 15.2. The number of benzene rings is 4. The van der Waals surface area contributed by atoms with Gasteiger partial charge in [0.05, 0.1) is 22.7 Å². The summed E-state index contributed by atoms with van der Waals surface area (Å²) >= 11 is 0. The lowest BCUT2D eigenvalue weighted by Gasteiger charge is -2.23. The zero-order valence-corrected chi connectivity index (χ0v) is 15.2. The molecule has 3 heteroatoms. The topological polar surface area (TPSA) is 18.8 Å². The van der Waals surface area contributed by atoms with Crippen molar-refractivity contribution >= 4 is 34.4 Å². The first-order valence-electron chi connectivity index (χ1n) is 9.43. The summed E-state index contributed by atoms with van der Waals surface area (Å²) in [4.78, 5) is 9.68. The average molecular weight is 359 g/mol. The second-order valence-electron chi connectivity index (χ2n) is 6.94. The van der Waals surface area contributed by atoms with Gasteiger partial charge in [0, 0.05) is 16.8 Å². The quantitative estimate of drug-likeness (QED) is 0.379. The summed E-state index contributed by atoms with van der Waals surface area (Å²) in [5.74, 6) is 0.907. The van der Waals surface area contributed by atoms with Crippen LogP contribution in [0.25, 0.3) is 11.1 Å². The van der Waals surface area contributed by atoms with Gasteiger partial charge in [-0.3, -0.25) is 9.80 Å². The van der Waals surface area contributed by atoms with Gasteiger partial charge in [-0.1, -0.05) is 66.7 Å². The maximum absolute atomic E-state index is 5.16. The van der Waals surface area contributed by atoms with Gasteiger partial charge in [0.15, 0.2) is 0 Å². The third kappa shape index (κ3) is 2.07. The summed E-state index contributed by atoms with van der Waals surface area (Å²) in [5, 5.41) is 0. The molecule has 132 valence electrons. The highest BCUT2D eigenvalue weighted by atomic mass is 15.4. The van der Waals surface area contributed by atoms with Crippen LogP contribution in [0.1, 0.15) is 0 Å². The molecule has 28 heavy (non-hydrogen) atoms. The zero-order chi connectivity index (χ0) is 18.5. The molecule has 0 bridgehead atoms. The van der Waals surface area contributed by atoms with Gasteiger partial charge >= 0.3 is 0 Å². The van der Waals surface area contributed by atoms with Crippen LogP contribution >= 0.6 is 0 Å². The molecule has 0 atom stereocenters. The van der Waals surface area contributed by atoms with Crippen molar-refractivity contribution in [3.05, 3.63) is 103 Å². The molecule has 0 saturated heterocycles. The maximum atomic E-state index is 5.16. The monoisotopic (exact) mass is 359 g/mol. The van der Waals surface area contributed by atoms with Gasteiger partial charge in [-0.2, -0.15) is 0 Å². The van der Waals surface area contributed by atoms with E-state index in [2.05, 4.69) is 107 Å². The molecule has 0 amide bonds. The van der Waals surface area contributed by atoms with Crippen LogP contribution in [-0.2, 0) is 0 Å². The van der Waals surface area contributed by atoms with Crippen LogP contribution in [0, 0.1) is 0 Å². The summed E-state index contributed by atoms with van der Waals surface area (Å²) in [7, 11) is 0. The van der Waals surface area contributed by atoms with Crippen molar-refractivity contribution in [2.24, 2.45) is 4.99 Å². The number of rotatable bonds is 1. The Labute approximate surface area is 163 Å². The van der Waals surface area contributed by atoms with Crippen molar-refractivity contribution in [2.45, 2.75) is 0 Å². The van der Waals surface area contributed by atoms with E-state index in [0.29, 0.717) is 0 Å². The molecule has 0 fully saturated rings. The number of fused-ring (bicyclic) bond motifs is 7. The van der Waals surface area contributed by atoms with Crippen LogP contribution < -0.4 is 9.80 Å². The molecule has 0 aliphatic carbocycles. The number of guanidine groups is 1. The molecule has 3 nitrogen and oxygen atoms in total. The van der Waals surface area contributed by atoms with Crippen LogP contribution in [0.3, 0.4) is 0 Å². The van der Waals surface area contributed by atoms with Gasteiger partial charge in [0.2, 0.25) is 5.96 Å². The van der Waals surface area contributed by atoms with E-state index < -0.39 is 0 Å².